The van der Waals surface area contributed by atoms with Gasteiger partial charge in [0, 0.05) is 25.6 Å². The van der Waals surface area contributed by atoms with E-state index >= 15 is 0 Å². The van der Waals surface area contributed by atoms with Crippen LogP contribution in [0.2, 0.25) is 0 Å². The highest BCUT2D eigenvalue weighted by Crippen LogP contribution is 2.16. The highest BCUT2D eigenvalue weighted by atomic mass is 16.5. The number of methoxy groups -OCH3 is 1. The monoisotopic (exact) mass is 331 g/mol. The van der Waals surface area contributed by atoms with Gasteiger partial charge in [-0.05, 0) is 6.92 Å². The average Bonchev–Trinajstić information content (AvgIpc) is 3.17. The Labute approximate surface area is 137 Å². The van der Waals surface area contributed by atoms with Crippen LogP contribution < -0.4 is 14.8 Å². The van der Waals surface area contributed by atoms with Crippen LogP contribution in [0.25, 0.3) is 5.65 Å². The maximum Gasteiger partial charge on any atom is 0.260 e. The molecule has 0 atom stereocenters. The minimum atomic E-state index is -0.309. The predicted octanol–water partition coefficient (Wildman–Crippen LogP) is 0.195. The fourth-order valence-corrected chi connectivity index (χ4v) is 2.24. The molecular weight excluding hydrogens is 314 g/mol. The quantitative estimate of drug-likeness (QED) is 0.687. The summed E-state index contributed by atoms with van der Waals surface area (Å²) in [5.74, 6) is 0.920. The molecule has 0 aliphatic rings. The summed E-state index contributed by atoms with van der Waals surface area (Å²) in [5, 5.41) is 15.0. The van der Waals surface area contributed by atoms with E-state index in [4.69, 9.17) is 9.47 Å². The van der Waals surface area contributed by atoms with E-state index in [-0.39, 0.29) is 18.3 Å². The Hall–Kier alpha value is -3.17. The first-order valence-corrected chi connectivity index (χ1v) is 7.31. The van der Waals surface area contributed by atoms with Crippen molar-refractivity contribution in [2.75, 3.05) is 13.7 Å². The second-order valence-electron chi connectivity index (χ2n) is 4.88. The fourth-order valence-electron chi connectivity index (χ4n) is 2.24. The molecule has 0 aromatic carbocycles. The van der Waals surface area contributed by atoms with E-state index in [1.165, 1.54) is 11.8 Å². The van der Waals surface area contributed by atoms with Gasteiger partial charge in [-0.15, -0.1) is 15.3 Å². The second kappa shape index (κ2) is 6.52. The van der Waals surface area contributed by atoms with Crippen molar-refractivity contribution in [2.24, 2.45) is 7.05 Å². The van der Waals surface area contributed by atoms with Crippen LogP contribution in [0.5, 0.6) is 11.8 Å². The zero-order chi connectivity index (χ0) is 17.1. The number of fused-ring (bicyclic) bond motifs is 1. The van der Waals surface area contributed by atoms with Crippen molar-refractivity contribution in [2.45, 2.75) is 13.5 Å². The summed E-state index contributed by atoms with van der Waals surface area (Å²) < 4.78 is 13.7. The van der Waals surface area contributed by atoms with Gasteiger partial charge in [0.25, 0.3) is 11.8 Å². The fraction of sp³-hybridized carbons (Fsp3) is 0.357. The lowest BCUT2D eigenvalue weighted by atomic mass is 10.3. The lowest BCUT2D eigenvalue weighted by Crippen LogP contribution is -2.24. The summed E-state index contributed by atoms with van der Waals surface area (Å²) in [4.78, 5) is 16.4. The first-order chi connectivity index (χ1) is 11.6. The molecule has 0 unspecified atom stereocenters. The summed E-state index contributed by atoms with van der Waals surface area (Å²) in [6, 6.07) is 0. The Kier molecular flexibility index (Phi) is 4.27. The smallest absolute Gasteiger partial charge is 0.260 e. The zero-order valence-corrected chi connectivity index (χ0v) is 13.6. The molecule has 3 aromatic heterocycles. The molecule has 3 heterocycles. The van der Waals surface area contributed by atoms with Gasteiger partial charge in [0.1, 0.15) is 5.56 Å². The van der Waals surface area contributed by atoms with E-state index in [1.54, 1.807) is 30.0 Å². The number of aromatic nitrogens is 6. The molecule has 0 bridgehead atoms. The van der Waals surface area contributed by atoms with E-state index in [1.807, 2.05) is 6.92 Å². The molecule has 3 aromatic rings. The van der Waals surface area contributed by atoms with Gasteiger partial charge >= 0.3 is 0 Å². The molecule has 10 heteroatoms. The van der Waals surface area contributed by atoms with E-state index in [2.05, 4.69) is 25.6 Å². The van der Waals surface area contributed by atoms with Gasteiger partial charge in [-0.25, -0.2) is 4.98 Å². The predicted molar refractivity (Wildman–Crippen MR) is 82.9 cm³/mol. The van der Waals surface area contributed by atoms with Gasteiger partial charge in [0.05, 0.1) is 20.3 Å². The van der Waals surface area contributed by atoms with Crippen molar-refractivity contribution in [3.05, 3.63) is 30.0 Å². The van der Waals surface area contributed by atoms with Gasteiger partial charge in [-0.1, -0.05) is 0 Å². The van der Waals surface area contributed by atoms with E-state index in [9.17, 15) is 4.79 Å². The summed E-state index contributed by atoms with van der Waals surface area (Å²) >= 11 is 0. The van der Waals surface area contributed by atoms with Gasteiger partial charge in [-0.3, -0.25) is 13.9 Å². The van der Waals surface area contributed by atoms with Crippen LogP contribution in [-0.2, 0) is 13.6 Å². The average molecular weight is 331 g/mol. The lowest BCUT2D eigenvalue weighted by molar-refractivity contribution is 0.0946. The third kappa shape index (κ3) is 2.85. The molecule has 3 rings (SSSR count). The van der Waals surface area contributed by atoms with E-state index < -0.39 is 0 Å². The summed E-state index contributed by atoms with van der Waals surface area (Å²) in [7, 11) is 3.18. The van der Waals surface area contributed by atoms with Crippen molar-refractivity contribution in [3.8, 4) is 11.8 Å². The second-order valence-corrected chi connectivity index (χ2v) is 4.88. The molecule has 10 nitrogen and oxygen atoms in total. The number of aryl methyl sites for hydroxylation is 1. The Balaban J connectivity index is 1.78. The molecule has 0 saturated heterocycles. The van der Waals surface area contributed by atoms with Crippen LogP contribution in [0.1, 0.15) is 23.1 Å². The first kappa shape index (κ1) is 15.7. The van der Waals surface area contributed by atoms with Gasteiger partial charge in [0.2, 0.25) is 11.5 Å². The van der Waals surface area contributed by atoms with E-state index in [0.717, 1.165) is 0 Å². The van der Waals surface area contributed by atoms with Crippen molar-refractivity contribution >= 4 is 11.6 Å². The summed E-state index contributed by atoms with van der Waals surface area (Å²) in [6.07, 6.45) is 4.90. The number of hydrogen-bond acceptors (Lipinski definition) is 7. The largest absolute Gasteiger partial charge is 0.479 e. The van der Waals surface area contributed by atoms with Crippen LogP contribution in [0, 0.1) is 0 Å². The molecule has 0 spiro atoms. The van der Waals surface area contributed by atoms with Crippen LogP contribution in [0.4, 0.5) is 0 Å². The summed E-state index contributed by atoms with van der Waals surface area (Å²) in [6.45, 7) is 2.53. The molecule has 24 heavy (non-hydrogen) atoms. The topological polar surface area (TPSA) is 108 Å². The number of hydrogen-bond donors (Lipinski definition) is 1. The van der Waals surface area contributed by atoms with Crippen LogP contribution in [-0.4, -0.2) is 49.0 Å². The first-order valence-electron chi connectivity index (χ1n) is 7.31. The minimum Gasteiger partial charge on any atom is -0.479 e. The third-order valence-electron chi connectivity index (χ3n) is 3.29. The molecular formula is C14H17N7O3. The maximum absolute atomic E-state index is 12.3. The van der Waals surface area contributed by atoms with Crippen molar-refractivity contribution in [3.63, 3.8) is 0 Å². The number of carbonyl (C=O) groups is 1. The van der Waals surface area contributed by atoms with Crippen molar-refractivity contribution in [1.29, 1.82) is 0 Å². The Morgan fingerprint density at radius 2 is 2.17 bits per heavy atom. The normalized spacial score (nSPS) is 10.8. The van der Waals surface area contributed by atoms with Gasteiger partial charge < -0.3 is 14.8 Å². The highest BCUT2D eigenvalue weighted by Gasteiger charge is 2.17. The molecule has 126 valence electrons. The molecule has 1 N–H and O–H groups in total. The molecule has 1 amide bonds. The molecule has 0 radical (unpaired) electrons. The number of ether oxygens (including phenoxy) is 2. The summed E-state index contributed by atoms with van der Waals surface area (Å²) in [5.41, 5.74) is 0.855. The standard InChI is InChI=1S/C14H17N7O3/c1-4-24-14-11-18-17-10(21(11)6-5-15-14)7-16-12(22)9-8-20(2)19-13(9)23-3/h5-6,8H,4,7H2,1-3H3,(H,16,22). The highest BCUT2D eigenvalue weighted by molar-refractivity contribution is 5.96. The Bertz CT molecular complexity index is 871. The van der Waals surface area contributed by atoms with Gasteiger partial charge in [0.15, 0.2) is 5.82 Å². The third-order valence-corrected chi connectivity index (χ3v) is 3.29. The SMILES string of the molecule is CCOc1nccn2c(CNC(=O)c3cn(C)nc3OC)nnc12. The van der Waals surface area contributed by atoms with Crippen LogP contribution in [0.3, 0.4) is 0 Å². The number of nitrogens with zero attached hydrogens (tertiary/aromatic N) is 6. The van der Waals surface area contributed by atoms with Crippen molar-refractivity contribution < 1.29 is 14.3 Å². The van der Waals surface area contributed by atoms with E-state index in [0.29, 0.717) is 29.5 Å². The molecule has 0 aliphatic heterocycles. The van der Waals surface area contributed by atoms with Crippen molar-refractivity contribution in [1.82, 2.24) is 34.7 Å². The zero-order valence-electron chi connectivity index (χ0n) is 13.6. The van der Waals surface area contributed by atoms with Gasteiger partial charge in [-0.2, -0.15) is 0 Å². The number of amides is 1. The number of carbonyl (C=O) groups excluding carboxylic acids is 1. The molecule has 0 fully saturated rings. The Morgan fingerprint density at radius 1 is 1.33 bits per heavy atom. The molecule has 0 saturated carbocycles. The number of rotatable bonds is 6. The van der Waals surface area contributed by atoms with Crippen LogP contribution in [0.15, 0.2) is 18.6 Å². The van der Waals surface area contributed by atoms with Crippen LogP contribution >= 0.6 is 0 Å². The number of nitrogens with one attached hydrogen (secondary N) is 1. The Morgan fingerprint density at radius 3 is 2.92 bits per heavy atom. The maximum atomic E-state index is 12.3. The minimum absolute atomic E-state index is 0.188. The lowest BCUT2D eigenvalue weighted by Gasteiger charge is -2.05. The molecule has 0 aliphatic carbocycles.